The summed E-state index contributed by atoms with van der Waals surface area (Å²) in [5, 5.41) is 12.0. The molecule has 1 amide bonds. The van der Waals surface area contributed by atoms with Crippen LogP contribution in [0.3, 0.4) is 0 Å². The van der Waals surface area contributed by atoms with E-state index >= 15 is 0 Å². The molecule has 1 fully saturated rings. The number of amides is 1. The van der Waals surface area contributed by atoms with Crippen molar-refractivity contribution >= 4 is 5.91 Å². The van der Waals surface area contributed by atoms with Crippen LogP contribution in [0, 0.1) is 12.8 Å². The van der Waals surface area contributed by atoms with Crippen LogP contribution in [0.5, 0.6) is 0 Å². The Balaban J connectivity index is 1.46. The lowest BCUT2D eigenvalue weighted by Gasteiger charge is -2.29. The van der Waals surface area contributed by atoms with Crippen molar-refractivity contribution in [1.29, 1.82) is 0 Å². The molecular weight excluding hydrogens is 328 g/mol. The highest BCUT2D eigenvalue weighted by molar-refractivity contribution is 5.76. The van der Waals surface area contributed by atoms with Crippen molar-refractivity contribution in [2.24, 2.45) is 13.0 Å². The van der Waals surface area contributed by atoms with E-state index in [1.165, 1.54) is 29.8 Å². The van der Waals surface area contributed by atoms with Gasteiger partial charge in [0.15, 0.2) is 0 Å². The molecule has 0 bridgehead atoms. The fourth-order valence-electron chi connectivity index (χ4n) is 3.71. The van der Waals surface area contributed by atoms with Gasteiger partial charge in [-0.3, -0.25) is 19.1 Å². The van der Waals surface area contributed by atoms with Crippen LogP contribution in [-0.2, 0) is 31.5 Å². The van der Waals surface area contributed by atoms with Gasteiger partial charge in [0, 0.05) is 63.1 Å². The standard InChI is InChI=1S/C19H28N6O/c1-14-16(10-22-23(14)2)12-24-13-18-5-7-21-25(18)8-6-17(24)11-20-19(26)9-15-3-4-15/h5,7,10,15,17H,3-4,6,8-9,11-13H2,1-2H3,(H,20,26). The molecule has 1 saturated carbocycles. The van der Waals surface area contributed by atoms with Gasteiger partial charge in [-0.15, -0.1) is 0 Å². The zero-order chi connectivity index (χ0) is 18.1. The quantitative estimate of drug-likeness (QED) is 0.854. The molecule has 140 valence electrons. The molecule has 3 heterocycles. The second kappa shape index (κ2) is 7.23. The van der Waals surface area contributed by atoms with Gasteiger partial charge in [-0.2, -0.15) is 10.2 Å². The van der Waals surface area contributed by atoms with Crippen LogP contribution in [0.1, 0.15) is 42.6 Å². The summed E-state index contributed by atoms with van der Waals surface area (Å²) >= 11 is 0. The van der Waals surface area contributed by atoms with Gasteiger partial charge in [-0.05, 0) is 38.2 Å². The normalized spacial score (nSPS) is 20.6. The first-order valence-corrected chi connectivity index (χ1v) is 9.59. The van der Waals surface area contributed by atoms with Crippen LogP contribution < -0.4 is 5.32 Å². The summed E-state index contributed by atoms with van der Waals surface area (Å²) in [6.45, 7) is 5.39. The summed E-state index contributed by atoms with van der Waals surface area (Å²) in [7, 11) is 1.98. The van der Waals surface area contributed by atoms with E-state index < -0.39 is 0 Å². The lowest BCUT2D eigenvalue weighted by Crippen LogP contribution is -2.43. The zero-order valence-electron chi connectivity index (χ0n) is 15.7. The summed E-state index contributed by atoms with van der Waals surface area (Å²) in [6.07, 6.45) is 7.93. The topological polar surface area (TPSA) is 68.0 Å². The van der Waals surface area contributed by atoms with E-state index in [4.69, 9.17) is 0 Å². The number of fused-ring (bicyclic) bond motifs is 1. The van der Waals surface area contributed by atoms with Crippen LogP contribution in [0.4, 0.5) is 0 Å². The summed E-state index contributed by atoms with van der Waals surface area (Å²) < 4.78 is 4.01. The average Bonchev–Trinajstić information content (AvgIpc) is 3.28. The van der Waals surface area contributed by atoms with E-state index in [1.807, 2.05) is 24.1 Å². The number of nitrogens with zero attached hydrogens (tertiary/aromatic N) is 5. The minimum absolute atomic E-state index is 0.201. The van der Waals surface area contributed by atoms with Crippen LogP contribution in [0.2, 0.25) is 0 Å². The second-order valence-corrected chi connectivity index (χ2v) is 7.72. The molecule has 0 aromatic carbocycles. The maximum atomic E-state index is 12.2. The molecule has 7 nitrogen and oxygen atoms in total. The highest BCUT2D eigenvalue weighted by Crippen LogP contribution is 2.32. The van der Waals surface area contributed by atoms with Crippen LogP contribution in [0.15, 0.2) is 18.5 Å². The number of rotatable bonds is 6. The van der Waals surface area contributed by atoms with Gasteiger partial charge in [-0.1, -0.05) is 0 Å². The molecule has 1 aliphatic carbocycles. The molecular formula is C19H28N6O. The number of aromatic nitrogens is 4. The highest BCUT2D eigenvalue weighted by atomic mass is 16.1. The monoisotopic (exact) mass is 356 g/mol. The lowest BCUT2D eigenvalue weighted by atomic mass is 10.1. The number of hydrogen-bond donors (Lipinski definition) is 1. The number of aryl methyl sites for hydroxylation is 2. The Morgan fingerprint density at radius 2 is 2.15 bits per heavy atom. The molecule has 2 aliphatic rings. The third-order valence-electron chi connectivity index (χ3n) is 5.78. The molecule has 2 aromatic rings. The Morgan fingerprint density at radius 3 is 2.88 bits per heavy atom. The Bertz CT molecular complexity index is 775. The molecule has 2 aromatic heterocycles. The van der Waals surface area contributed by atoms with E-state index in [0.29, 0.717) is 24.9 Å². The highest BCUT2D eigenvalue weighted by Gasteiger charge is 2.27. The van der Waals surface area contributed by atoms with Crippen LogP contribution >= 0.6 is 0 Å². The Morgan fingerprint density at radius 1 is 1.31 bits per heavy atom. The Hall–Kier alpha value is -2.15. The molecule has 0 radical (unpaired) electrons. The number of carbonyl (C=O) groups is 1. The smallest absolute Gasteiger partial charge is 0.220 e. The molecule has 1 unspecified atom stereocenters. The summed E-state index contributed by atoms with van der Waals surface area (Å²) in [5.74, 6) is 0.829. The van der Waals surface area contributed by atoms with E-state index in [0.717, 1.165) is 26.1 Å². The molecule has 1 atom stereocenters. The minimum Gasteiger partial charge on any atom is -0.355 e. The SMILES string of the molecule is Cc1c(CN2Cc3ccnn3CCC2CNC(=O)CC2CC2)cnn1C. The molecule has 7 heteroatoms. The van der Waals surface area contributed by atoms with Crippen LogP contribution in [0.25, 0.3) is 0 Å². The molecule has 0 saturated heterocycles. The van der Waals surface area contributed by atoms with Crippen molar-refractivity contribution in [2.75, 3.05) is 6.54 Å². The number of nitrogens with one attached hydrogen (secondary N) is 1. The largest absolute Gasteiger partial charge is 0.355 e. The zero-order valence-corrected chi connectivity index (χ0v) is 15.7. The van der Waals surface area contributed by atoms with Crippen molar-refractivity contribution in [3.05, 3.63) is 35.4 Å². The Kier molecular flexibility index (Phi) is 4.80. The van der Waals surface area contributed by atoms with Crippen molar-refractivity contribution in [1.82, 2.24) is 29.8 Å². The predicted molar refractivity (Wildman–Crippen MR) is 98.2 cm³/mol. The van der Waals surface area contributed by atoms with Crippen molar-refractivity contribution in [2.45, 2.75) is 58.3 Å². The minimum atomic E-state index is 0.201. The van der Waals surface area contributed by atoms with E-state index in [9.17, 15) is 4.79 Å². The Labute approximate surface area is 154 Å². The fraction of sp³-hybridized carbons (Fsp3) is 0.632. The number of carbonyl (C=O) groups excluding carboxylic acids is 1. The summed E-state index contributed by atoms with van der Waals surface area (Å²) in [4.78, 5) is 14.6. The fourth-order valence-corrected chi connectivity index (χ4v) is 3.71. The van der Waals surface area contributed by atoms with E-state index in [1.54, 1.807) is 0 Å². The van der Waals surface area contributed by atoms with E-state index in [2.05, 4.69) is 38.1 Å². The lowest BCUT2D eigenvalue weighted by molar-refractivity contribution is -0.121. The van der Waals surface area contributed by atoms with Gasteiger partial charge >= 0.3 is 0 Å². The van der Waals surface area contributed by atoms with Crippen molar-refractivity contribution < 1.29 is 4.79 Å². The van der Waals surface area contributed by atoms with Gasteiger partial charge in [0.2, 0.25) is 5.91 Å². The molecule has 0 spiro atoms. The average molecular weight is 356 g/mol. The van der Waals surface area contributed by atoms with Gasteiger partial charge in [0.05, 0.1) is 11.9 Å². The van der Waals surface area contributed by atoms with Gasteiger partial charge < -0.3 is 5.32 Å². The molecule has 1 N–H and O–H groups in total. The summed E-state index contributed by atoms with van der Waals surface area (Å²) in [6, 6.07) is 2.40. The number of hydrogen-bond acceptors (Lipinski definition) is 4. The van der Waals surface area contributed by atoms with Crippen molar-refractivity contribution in [3.8, 4) is 0 Å². The molecule has 26 heavy (non-hydrogen) atoms. The van der Waals surface area contributed by atoms with Gasteiger partial charge in [0.1, 0.15) is 0 Å². The van der Waals surface area contributed by atoms with Gasteiger partial charge in [0.25, 0.3) is 0 Å². The molecule has 1 aliphatic heterocycles. The first-order chi connectivity index (χ1) is 12.6. The first-order valence-electron chi connectivity index (χ1n) is 9.59. The van der Waals surface area contributed by atoms with Gasteiger partial charge in [-0.25, -0.2) is 0 Å². The van der Waals surface area contributed by atoms with E-state index in [-0.39, 0.29) is 5.91 Å². The van der Waals surface area contributed by atoms with Crippen LogP contribution in [-0.4, -0.2) is 43.0 Å². The third kappa shape index (κ3) is 3.82. The molecule has 4 rings (SSSR count). The summed E-state index contributed by atoms with van der Waals surface area (Å²) in [5.41, 5.74) is 3.67. The maximum absolute atomic E-state index is 12.2. The second-order valence-electron chi connectivity index (χ2n) is 7.72. The maximum Gasteiger partial charge on any atom is 0.220 e. The predicted octanol–water partition coefficient (Wildman–Crippen LogP) is 1.62. The first kappa shape index (κ1) is 17.3. The third-order valence-corrected chi connectivity index (χ3v) is 5.78. The van der Waals surface area contributed by atoms with Crippen molar-refractivity contribution in [3.63, 3.8) is 0 Å².